The predicted molar refractivity (Wildman–Crippen MR) is 492 cm³/mol. The average Bonchev–Trinajstić information content (AvgIpc) is 1.27. The number of carbonyl (C=O) groups excluding carboxylic acids is 17. The van der Waals surface area contributed by atoms with Crippen molar-refractivity contribution >= 4 is 140 Å². The van der Waals surface area contributed by atoms with Crippen LogP contribution in [0.5, 0.6) is 5.75 Å². The number of phenols is 1. The number of H-pyrrole nitrogens is 3. The number of β-amino-alcohol motifs (C(OH)–C–C–N with tert-alkyl or cyclic N) is 1. The molecule has 5 heterocycles. The number of aromatic hydroxyl groups is 1. The summed E-state index contributed by atoms with van der Waals surface area (Å²) in [4.78, 5) is 280. The van der Waals surface area contributed by atoms with Crippen molar-refractivity contribution in [3.8, 4) is 5.75 Å². The van der Waals surface area contributed by atoms with Crippen molar-refractivity contribution in [3.63, 3.8) is 0 Å². The lowest BCUT2D eigenvalue weighted by Crippen LogP contribution is -2.61. The molecule has 2 saturated heterocycles. The quantitative estimate of drug-likeness (QED) is 0.0250. The molecule has 2 unspecified atom stereocenters. The van der Waals surface area contributed by atoms with Gasteiger partial charge >= 0.3 is 5.97 Å². The molecule has 17 amide bonds. The van der Waals surface area contributed by atoms with E-state index in [-0.39, 0.29) is 88.2 Å². The van der Waals surface area contributed by atoms with E-state index in [0.717, 1.165) is 26.5 Å². The van der Waals surface area contributed by atoms with Crippen LogP contribution in [-0.4, -0.2) is 317 Å². The Hall–Kier alpha value is -13.5. The van der Waals surface area contributed by atoms with Crippen LogP contribution in [-0.2, 0) is 112 Å². The van der Waals surface area contributed by atoms with Gasteiger partial charge < -0.3 is 125 Å². The molecule has 3 aromatic heterocycles. The zero-order valence-electron chi connectivity index (χ0n) is 76.5. The SMILES string of the molecule is CCCC[C@H]1C(=O)N(C)[C@@H](CCCC)C(=O)N[C@@H](CC(C)C)C(=O)N[C@H](C(=O)NCC(N)=O)CSCC(=O)NC(Cc2ccc(O)cc2)C(=O)N(C)[C@@H](C)C(=O)N[C@@H](CC(N)=O)C(=O)N2CCC[C@H]2C(=O)N[C@@H](Cc2cnc[nH]2)C(=O)NC(CCC(=O)O)C(=O)N(CCO)CC(=O)N[C@@H](Cc2c[nH]c3ccccc23)C(=O)N[C@@H](CCN)C(=O)N[C@@H](Cc2c[nH]c3ccccc23)C(=O)N1C. The third kappa shape index (κ3) is 30.5. The number of aliphatic hydroxyl groups excluding tert-OH is 1. The van der Waals surface area contributed by atoms with Crippen LogP contribution in [0.15, 0.2) is 97.7 Å². The van der Waals surface area contributed by atoms with Crippen molar-refractivity contribution in [2.75, 3.05) is 72.0 Å². The van der Waals surface area contributed by atoms with Gasteiger partial charge in [-0.15, -0.1) is 11.8 Å². The van der Waals surface area contributed by atoms with Crippen molar-refractivity contribution in [1.29, 1.82) is 0 Å². The van der Waals surface area contributed by atoms with Crippen LogP contribution in [0.3, 0.4) is 0 Å². The number of phenolic OH excluding ortho intramolecular Hbond substituents is 1. The molecule has 0 radical (unpaired) electrons. The average molecular weight is 1880 g/mol. The smallest absolute Gasteiger partial charge is 0.303 e. The van der Waals surface area contributed by atoms with Crippen LogP contribution in [0, 0.1) is 5.92 Å². The molecule has 728 valence electrons. The molecule has 6 aromatic rings. The number of aromatic amines is 3. The first-order chi connectivity index (χ1) is 63.8. The topological polar surface area (TPSA) is 643 Å². The Balaban J connectivity index is 1.20. The Bertz CT molecular complexity index is 5130. The van der Waals surface area contributed by atoms with E-state index < -0.39 is 248 Å². The monoisotopic (exact) mass is 1880 g/mol. The maximum atomic E-state index is 15.8. The predicted octanol–water partition coefficient (Wildman–Crippen LogP) is -2.11. The number of benzene rings is 3. The maximum absolute atomic E-state index is 15.8. The summed E-state index contributed by atoms with van der Waals surface area (Å²) >= 11 is 0.786. The molecule has 8 rings (SSSR count). The third-order valence-corrected chi connectivity index (χ3v) is 24.5. The molecule has 44 heteroatoms. The molecule has 0 spiro atoms. The number of aliphatic hydroxyl groups is 1. The Morgan fingerprint density at radius 1 is 0.560 bits per heavy atom. The minimum Gasteiger partial charge on any atom is -0.508 e. The van der Waals surface area contributed by atoms with Gasteiger partial charge in [0.25, 0.3) is 0 Å². The molecule has 0 aliphatic carbocycles. The van der Waals surface area contributed by atoms with Crippen molar-refractivity contribution in [2.45, 2.75) is 222 Å². The van der Waals surface area contributed by atoms with Gasteiger partial charge in [0.05, 0.1) is 38.2 Å². The lowest BCUT2D eigenvalue weighted by atomic mass is 9.99. The van der Waals surface area contributed by atoms with Crippen LogP contribution in [0.4, 0.5) is 0 Å². The van der Waals surface area contributed by atoms with Gasteiger partial charge in [-0.2, -0.15) is 0 Å². The van der Waals surface area contributed by atoms with Crippen molar-refractivity contribution < 1.29 is 102 Å². The zero-order valence-corrected chi connectivity index (χ0v) is 77.3. The van der Waals surface area contributed by atoms with Gasteiger partial charge in [0.15, 0.2) is 0 Å². The number of carboxylic acid groups (broad SMARTS) is 1. The fourth-order valence-electron chi connectivity index (χ4n) is 16.0. The molecular weight excluding hydrogens is 1760 g/mol. The number of aliphatic carboxylic acids is 1. The molecular formula is C90H126N22O21S. The second kappa shape index (κ2) is 51.5. The van der Waals surface area contributed by atoms with Crippen molar-refractivity contribution in [1.82, 2.24) is 97.6 Å². The molecule has 13 atom stereocenters. The fraction of sp³-hybridized carbons (Fsp3) is 0.522. The van der Waals surface area contributed by atoms with Crippen LogP contribution < -0.4 is 70.4 Å². The van der Waals surface area contributed by atoms with Gasteiger partial charge in [-0.05, 0) is 105 Å². The number of nitrogens with two attached hydrogens (primary N) is 3. The minimum atomic E-state index is -1.85. The largest absolute Gasteiger partial charge is 0.508 e. The number of hydrogen-bond acceptors (Lipinski definition) is 23. The number of rotatable bonds is 28. The lowest BCUT2D eigenvalue weighted by Gasteiger charge is -2.36. The number of fused-ring (bicyclic) bond motifs is 3. The molecule has 134 heavy (non-hydrogen) atoms. The standard InChI is InChI=1S/C90H126N22O21S/c1-9-11-22-70-84(127)103-63(36-50(3)4)81(124)107-69(79(122)97-45-74(93)116)47-134-48-76(118)100-66(37-52-25-27-56(114)28-26-52)86(129)108(6)51(5)78(121)105-68(41-73(92)115)89(132)112-33-17-24-71(112)85(128)104-65(40-55-44-94-49-98-55)83(126)102-62(29-30-77(119)120)88(131)111(34-35-113)46-75(117)99-64(38-53-42-95-59-20-15-13-18-57(53)59)82(125)101-61(31-32-91)80(123)106-67(39-54-43-96-60-21-16-14-19-58(54)60)87(130)110(8)72(23-12-10-2)90(133)109(70)7/h13-16,18-21,25-28,42-44,49-51,61-72,95-96,113-114H,9-12,17,22-24,29-41,45-48,91H2,1-8H3,(H2,92,115)(H2,93,116)(H,94,98)(H,97,122)(H,99,117)(H,100,118)(H,101,125)(H,102,126)(H,103,127)(H,104,128)(H,105,121)(H,106,123)(H,107,124)(H,119,120)/t51-,61-,62?,63-,64-,65-,66?,67-,68-,69-,70-,71-,72-/m0/s1. The Kier molecular flexibility index (Phi) is 40.7. The minimum absolute atomic E-state index is 0.0223. The van der Waals surface area contributed by atoms with Crippen molar-refractivity contribution in [3.05, 3.63) is 120 Å². The molecule has 2 aliphatic heterocycles. The van der Waals surface area contributed by atoms with E-state index in [4.69, 9.17) is 17.2 Å². The number of carbonyl (C=O) groups is 18. The first kappa shape index (κ1) is 106. The molecule has 43 nitrogen and oxygen atoms in total. The number of imidazole rings is 1. The van der Waals surface area contributed by atoms with Crippen LogP contribution in [0.25, 0.3) is 21.8 Å². The molecule has 3 aromatic carbocycles. The van der Waals surface area contributed by atoms with E-state index in [1.165, 1.54) is 74.7 Å². The number of nitrogens with zero attached hydrogens (tertiary/aromatic N) is 6. The number of nitrogens with one attached hydrogen (secondary N) is 13. The summed E-state index contributed by atoms with van der Waals surface area (Å²) < 4.78 is 0. The van der Waals surface area contributed by atoms with Crippen LogP contribution >= 0.6 is 11.8 Å². The number of amides is 17. The van der Waals surface area contributed by atoms with Gasteiger partial charge in [-0.1, -0.05) is 102 Å². The van der Waals surface area contributed by atoms with E-state index in [1.807, 2.05) is 13.8 Å². The summed E-state index contributed by atoms with van der Waals surface area (Å²) in [6.07, 6.45) is 3.82. The number of hydrogen-bond donors (Lipinski definition) is 19. The second-order valence-electron chi connectivity index (χ2n) is 34.0. The van der Waals surface area contributed by atoms with E-state index in [1.54, 1.807) is 74.8 Å². The van der Waals surface area contributed by atoms with Crippen LogP contribution in [0.2, 0.25) is 0 Å². The summed E-state index contributed by atoms with van der Waals surface area (Å²) in [7, 11) is 3.96. The maximum Gasteiger partial charge on any atom is 0.303 e. The van der Waals surface area contributed by atoms with E-state index >= 15 is 28.8 Å². The third-order valence-electron chi connectivity index (χ3n) is 23.4. The number of para-hydroxylation sites is 2. The first-order valence-electron chi connectivity index (χ1n) is 44.8. The number of unbranched alkanes of at least 4 members (excludes halogenated alkanes) is 2. The summed E-state index contributed by atoms with van der Waals surface area (Å²) in [6.45, 7) is 4.93. The summed E-state index contributed by atoms with van der Waals surface area (Å²) in [6, 6.07) is -0.607. The first-order valence-corrected chi connectivity index (χ1v) is 45.9. The number of aromatic nitrogens is 4. The molecule has 2 fully saturated rings. The molecule has 22 N–H and O–H groups in total. The van der Waals surface area contributed by atoms with E-state index in [0.29, 0.717) is 64.2 Å². The van der Waals surface area contributed by atoms with E-state index in [9.17, 15) is 72.9 Å². The van der Waals surface area contributed by atoms with Crippen LogP contribution in [0.1, 0.15) is 140 Å². The fourth-order valence-corrected chi connectivity index (χ4v) is 16.9. The highest BCUT2D eigenvalue weighted by atomic mass is 32.2. The summed E-state index contributed by atoms with van der Waals surface area (Å²) in [5.41, 5.74) is 20.3. The number of likely N-dealkylation sites (N-methyl/N-ethyl adjacent to an activating group) is 3. The molecule has 0 bridgehead atoms. The van der Waals surface area contributed by atoms with Gasteiger partial charge in [0.2, 0.25) is 100 Å². The highest BCUT2D eigenvalue weighted by Gasteiger charge is 2.44. The van der Waals surface area contributed by atoms with Crippen molar-refractivity contribution in [2.24, 2.45) is 23.1 Å². The summed E-state index contributed by atoms with van der Waals surface area (Å²) in [5, 5.41) is 58.4. The van der Waals surface area contributed by atoms with Gasteiger partial charge in [-0.25, -0.2) is 4.98 Å². The Morgan fingerprint density at radius 2 is 1.10 bits per heavy atom. The summed E-state index contributed by atoms with van der Waals surface area (Å²) in [5.74, 6) is -19.1. The van der Waals surface area contributed by atoms with Gasteiger partial charge in [-0.3, -0.25) is 86.3 Å². The number of primary amides is 2. The molecule has 0 saturated carbocycles. The number of carboxylic acids is 1. The Labute approximate surface area is 778 Å². The molecule has 2 aliphatic rings. The lowest BCUT2D eigenvalue weighted by molar-refractivity contribution is -0.149. The van der Waals surface area contributed by atoms with Gasteiger partial charge in [0, 0.05) is 118 Å². The highest BCUT2D eigenvalue weighted by molar-refractivity contribution is 8.00. The second-order valence-corrected chi connectivity index (χ2v) is 35.0. The zero-order chi connectivity index (χ0) is 98.2. The normalized spacial score (nSPS) is 23.4. The van der Waals surface area contributed by atoms with E-state index in [2.05, 4.69) is 73.1 Å². The highest BCUT2D eigenvalue weighted by Crippen LogP contribution is 2.27. The number of thioether (sulfide) groups is 1. The Morgan fingerprint density at radius 3 is 1.69 bits per heavy atom. The van der Waals surface area contributed by atoms with Gasteiger partial charge in [0.1, 0.15) is 84.3 Å².